The van der Waals surface area contributed by atoms with E-state index in [1.807, 2.05) is 12.1 Å². The summed E-state index contributed by atoms with van der Waals surface area (Å²) in [6.45, 7) is 2.88. The van der Waals surface area contributed by atoms with Crippen molar-refractivity contribution in [2.24, 2.45) is 5.73 Å². The van der Waals surface area contributed by atoms with Crippen LogP contribution >= 0.6 is 15.9 Å². The number of ether oxygens (including phenoxy) is 1. The van der Waals surface area contributed by atoms with Crippen LogP contribution in [-0.4, -0.2) is 6.61 Å². The first-order valence-corrected chi connectivity index (χ1v) is 7.22. The van der Waals surface area contributed by atoms with Crippen molar-refractivity contribution in [2.45, 2.75) is 19.4 Å². The molecule has 1 atom stereocenters. The van der Waals surface area contributed by atoms with Gasteiger partial charge in [-0.15, -0.1) is 0 Å². The largest absolute Gasteiger partial charge is 0.493 e. The Kier molecular flexibility index (Phi) is 3.33. The Morgan fingerprint density at radius 3 is 2.84 bits per heavy atom. The standard InChI is InChI=1S/C16H16BrNO/c1-10-8-13(17)3-4-14(10)16(18)12-2-5-15-11(9-12)6-7-19-15/h2-5,8-9,16H,6-7,18H2,1H3. The molecule has 0 fully saturated rings. The molecule has 0 saturated heterocycles. The summed E-state index contributed by atoms with van der Waals surface area (Å²) in [4.78, 5) is 0. The molecule has 2 N–H and O–H groups in total. The van der Waals surface area contributed by atoms with Crippen LogP contribution in [0.25, 0.3) is 0 Å². The van der Waals surface area contributed by atoms with Crippen LogP contribution < -0.4 is 10.5 Å². The van der Waals surface area contributed by atoms with Crippen LogP contribution in [0.2, 0.25) is 0 Å². The molecule has 2 aromatic carbocycles. The molecular formula is C16H16BrNO. The number of fused-ring (bicyclic) bond motifs is 1. The van der Waals surface area contributed by atoms with Crippen molar-refractivity contribution >= 4 is 15.9 Å². The van der Waals surface area contributed by atoms with E-state index in [0.29, 0.717) is 0 Å². The van der Waals surface area contributed by atoms with Crippen molar-refractivity contribution in [2.75, 3.05) is 6.61 Å². The van der Waals surface area contributed by atoms with Gasteiger partial charge in [-0.3, -0.25) is 0 Å². The third kappa shape index (κ3) is 2.40. The molecular weight excluding hydrogens is 302 g/mol. The monoisotopic (exact) mass is 317 g/mol. The number of rotatable bonds is 2. The van der Waals surface area contributed by atoms with E-state index in [9.17, 15) is 0 Å². The first kappa shape index (κ1) is 12.7. The molecule has 0 spiro atoms. The highest BCUT2D eigenvalue weighted by atomic mass is 79.9. The summed E-state index contributed by atoms with van der Waals surface area (Å²) in [5.41, 5.74) is 11.2. The summed E-state index contributed by atoms with van der Waals surface area (Å²) < 4.78 is 6.62. The molecule has 1 aliphatic heterocycles. The van der Waals surface area contributed by atoms with E-state index in [0.717, 1.165) is 28.8 Å². The van der Waals surface area contributed by atoms with Gasteiger partial charge in [-0.2, -0.15) is 0 Å². The predicted octanol–water partition coefficient (Wildman–Crippen LogP) is 3.74. The van der Waals surface area contributed by atoms with Gasteiger partial charge >= 0.3 is 0 Å². The zero-order valence-electron chi connectivity index (χ0n) is 10.8. The minimum atomic E-state index is -0.0843. The highest BCUT2D eigenvalue weighted by molar-refractivity contribution is 9.10. The molecule has 3 heteroatoms. The third-order valence-electron chi connectivity index (χ3n) is 3.64. The maximum absolute atomic E-state index is 6.41. The molecule has 1 heterocycles. The predicted molar refractivity (Wildman–Crippen MR) is 80.6 cm³/mol. The fourth-order valence-corrected chi connectivity index (χ4v) is 3.04. The van der Waals surface area contributed by atoms with Crippen LogP contribution in [0, 0.1) is 6.92 Å². The smallest absolute Gasteiger partial charge is 0.122 e. The van der Waals surface area contributed by atoms with Crippen LogP contribution in [0.1, 0.15) is 28.3 Å². The van der Waals surface area contributed by atoms with Crippen LogP contribution in [0.15, 0.2) is 40.9 Å². The van der Waals surface area contributed by atoms with Crippen molar-refractivity contribution in [1.82, 2.24) is 0 Å². The number of nitrogens with two attached hydrogens (primary N) is 1. The summed E-state index contributed by atoms with van der Waals surface area (Å²) in [6.07, 6.45) is 0.981. The zero-order chi connectivity index (χ0) is 13.4. The SMILES string of the molecule is Cc1cc(Br)ccc1C(N)c1ccc2c(c1)CCO2. The van der Waals surface area contributed by atoms with E-state index in [2.05, 4.69) is 47.1 Å². The Balaban J connectivity index is 1.97. The Morgan fingerprint density at radius 1 is 1.21 bits per heavy atom. The van der Waals surface area contributed by atoms with Crippen molar-refractivity contribution in [3.63, 3.8) is 0 Å². The first-order chi connectivity index (χ1) is 9.15. The Labute approximate surface area is 121 Å². The molecule has 98 valence electrons. The molecule has 0 bridgehead atoms. The van der Waals surface area contributed by atoms with Gasteiger partial charge in [0.25, 0.3) is 0 Å². The van der Waals surface area contributed by atoms with Crippen LogP contribution in [0.3, 0.4) is 0 Å². The second kappa shape index (κ2) is 4.99. The van der Waals surface area contributed by atoms with Gasteiger partial charge in [-0.25, -0.2) is 0 Å². The second-order valence-corrected chi connectivity index (χ2v) is 5.86. The van der Waals surface area contributed by atoms with E-state index < -0.39 is 0 Å². The average molecular weight is 318 g/mol. The summed E-state index contributed by atoms with van der Waals surface area (Å²) in [5, 5.41) is 0. The van der Waals surface area contributed by atoms with Gasteiger partial charge in [0.15, 0.2) is 0 Å². The lowest BCUT2D eigenvalue weighted by molar-refractivity contribution is 0.357. The molecule has 1 unspecified atom stereocenters. The Bertz CT molecular complexity index is 624. The minimum Gasteiger partial charge on any atom is -0.493 e. The van der Waals surface area contributed by atoms with Crippen LogP contribution in [-0.2, 0) is 6.42 Å². The second-order valence-electron chi connectivity index (χ2n) is 4.94. The molecule has 0 amide bonds. The quantitative estimate of drug-likeness (QED) is 0.915. The highest BCUT2D eigenvalue weighted by Crippen LogP contribution is 2.31. The minimum absolute atomic E-state index is 0.0843. The van der Waals surface area contributed by atoms with Crippen molar-refractivity contribution < 1.29 is 4.74 Å². The average Bonchev–Trinajstić information content (AvgIpc) is 2.85. The van der Waals surface area contributed by atoms with Crippen molar-refractivity contribution in [3.05, 3.63) is 63.1 Å². The maximum Gasteiger partial charge on any atom is 0.122 e. The first-order valence-electron chi connectivity index (χ1n) is 6.42. The summed E-state index contributed by atoms with van der Waals surface area (Å²) in [6, 6.07) is 12.4. The summed E-state index contributed by atoms with van der Waals surface area (Å²) in [7, 11) is 0. The van der Waals surface area contributed by atoms with Gasteiger partial charge < -0.3 is 10.5 Å². The number of benzene rings is 2. The van der Waals surface area contributed by atoms with E-state index in [1.54, 1.807) is 0 Å². The normalized spacial score (nSPS) is 14.9. The molecule has 2 aromatic rings. The summed E-state index contributed by atoms with van der Waals surface area (Å²) >= 11 is 3.48. The van der Waals surface area contributed by atoms with Gasteiger partial charge in [-0.1, -0.05) is 34.1 Å². The molecule has 0 saturated carbocycles. The fraction of sp³-hybridized carbons (Fsp3) is 0.250. The molecule has 3 rings (SSSR count). The van der Waals surface area contributed by atoms with E-state index in [1.165, 1.54) is 16.7 Å². The number of aryl methyl sites for hydroxylation is 1. The molecule has 0 radical (unpaired) electrons. The lowest BCUT2D eigenvalue weighted by Gasteiger charge is -2.16. The number of halogens is 1. The number of hydrogen-bond acceptors (Lipinski definition) is 2. The highest BCUT2D eigenvalue weighted by Gasteiger charge is 2.16. The number of hydrogen-bond donors (Lipinski definition) is 1. The van der Waals surface area contributed by atoms with Gasteiger partial charge in [-0.05, 0) is 47.4 Å². The van der Waals surface area contributed by atoms with E-state index >= 15 is 0 Å². The van der Waals surface area contributed by atoms with Crippen molar-refractivity contribution in [1.29, 1.82) is 0 Å². The zero-order valence-corrected chi connectivity index (χ0v) is 12.4. The maximum atomic E-state index is 6.41. The van der Waals surface area contributed by atoms with Crippen LogP contribution in [0.4, 0.5) is 0 Å². The van der Waals surface area contributed by atoms with Gasteiger partial charge in [0.1, 0.15) is 5.75 Å². The van der Waals surface area contributed by atoms with E-state index in [4.69, 9.17) is 10.5 Å². The Hall–Kier alpha value is -1.32. The van der Waals surface area contributed by atoms with Gasteiger partial charge in [0, 0.05) is 10.9 Å². The lowest BCUT2D eigenvalue weighted by Crippen LogP contribution is -2.13. The van der Waals surface area contributed by atoms with Crippen molar-refractivity contribution in [3.8, 4) is 5.75 Å². The topological polar surface area (TPSA) is 35.2 Å². The summed E-state index contributed by atoms with van der Waals surface area (Å²) in [5.74, 6) is 1.00. The van der Waals surface area contributed by atoms with Gasteiger partial charge in [0.2, 0.25) is 0 Å². The Morgan fingerprint density at radius 2 is 2.05 bits per heavy atom. The molecule has 2 nitrogen and oxygen atoms in total. The van der Waals surface area contributed by atoms with E-state index in [-0.39, 0.29) is 6.04 Å². The molecule has 19 heavy (non-hydrogen) atoms. The molecule has 0 aromatic heterocycles. The molecule has 1 aliphatic rings. The van der Waals surface area contributed by atoms with Gasteiger partial charge in [0.05, 0.1) is 12.6 Å². The fourth-order valence-electron chi connectivity index (χ4n) is 2.57. The third-order valence-corrected chi connectivity index (χ3v) is 4.13. The molecule has 0 aliphatic carbocycles. The lowest BCUT2D eigenvalue weighted by atomic mass is 9.94. The van der Waals surface area contributed by atoms with Crippen LogP contribution in [0.5, 0.6) is 5.75 Å².